The number of hydrogen-bond acceptors (Lipinski definition) is 2. The van der Waals surface area contributed by atoms with Gasteiger partial charge in [-0.2, -0.15) is 0 Å². The fourth-order valence-electron chi connectivity index (χ4n) is 4.26. The quantitative estimate of drug-likeness (QED) is 0.404. The van der Waals surface area contributed by atoms with Gasteiger partial charge < -0.3 is 4.57 Å². The molecule has 0 N–H and O–H groups in total. The van der Waals surface area contributed by atoms with Crippen LogP contribution in [0.1, 0.15) is 16.7 Å². The van der Waals surface area contributed by atoms with E-state index in [1.807, 2.05) is 30.6 Å². The molecular formula is C24H21Cl2N3. The summed E-state index contributed by atoms with van der Waals surface area (Å²) in [6.45, 7) is 2.59. The highest BCUT2D eigenvalue weighted by Crippen LogP contribution is 2.29. The average molecular weight is 422 g/mol. The third-order valence-corrected chi connectivity index (χ3v) is 6.37. The Morgan fingerprint density at radius 3 is 2.59 bits per heavy atom. The molecule has 1 aromatic heterocycles. The zero-order valence-corrected chi connectivity index (χ0v) is 17.4. The molecule has 1 atom stereocenters. The lowest BCUT2D eigenvalue weighted by molar-refractivity contribution is 0.147. The topological polar surface area (TPSA) is 21.1 Å². The van der Waals surface area contributed by atoms with Gasteiger partial charge in [0.05, 0.1) is 17.4 Å². The second-order valence-corrected chi connectivity index (χ2v) is 8.50. The van der Waals surface area contributed by atoms with Gasteiger partial charge in [0.15, 0.2) is 0 Å². The first-order chi connectivity index (χ1) is 14.2. The Kier molecular flexibility index (Phi) is 5.04. The summed E-state index contributed by atoms with van der Waals surface area (Å²) in [5.74, 6) is 0. The average Bonchev–Trinajstić information content (AvgIpc) is 3.13. The molecule has 5 rings (SSSR count). The minimum absolute atomic E-state index is 0.356. The van der Waals surface area contributed by atoms with Gasteiger partial charge in [-0.25, -0.2) is 4.98 Å². The standard InChI is InChI=1S/C24H21Cl2N3/c25-20-10-9-19(22(26)12-20)14-28-13-18-6-2-1-5-17(18)11-21(28)15-29-16-27-23-7-3-4-8-24(23)29/h1-10,12,16,21H,11,13-15H2/t21-/m0/s1. The summed E-state index contributed by atoms with van der Waals surface area (Å²) in [5, 5.41) is 1.40. The molecule has 0 unspecified atom stereocenters. The normalized spacial score (nSPS) is 16.8. The predicted molar refractivity (Wildman–Crippen MR) is 119 cm³/mol. The van der Waals surface area contributed by atoms with E-state index in [0.717, 1.165) is 42.2 Å². The van der Waals surface area contributed by atoms with Gasteiger partial charge in [-0.3, -0.25) is 4.90 Å². The van der Waals surface area contributed by atoms with Crippen LogP contribution in [0.4, 0.5) is 0 Å². The Hall–Kier alpha value is -2.33. The molecule has 0 saturated carbocycles. The highest BCUT2D eigenvalue weighted by Gasteiger charge is 2.27. The SMILES string of the molecule is Clc1ccc(CN2Cc3ccccc3C[C@H]2Cn2cnc3ccccc32)c(Cl)c1. The van der Waals surface area contributed by atoms with Crippen LogP contribution < -0.4 is 0 Å². The summed E-state index contributed by atoms with van der Waals surface area (Å²) in [4.78, 5) is 7.09. The van der Waals surface area contributed by atoms with Crippen LogP contribution in [0.2, 0.25) is 10.0 Å². The smallest absolute Gasteiger partial charge is 0.0958 e. The Labute approximate surface area is 180 Å². The molecule has 146 valence electrons. The van der Waals surface area contributed by atoms with Gasteiger partial charge in [-0.15, -0.1) is 0 Å². The monoisotopic (exact) mass is 421 g/mol. The zero-order chi connectivity index (χ0) is 19.8. The van der Waals surface area contributed by atoms with Crippen LogP contribution in [-0.4, -0.2) is 20.5 Å². The molecule has 0 radical (unpaired) electrons. The van der Waals surface area contributed by atoms with Crippen LogP contribution in [0.3, 0.4) is 0 Å². The molecule has 2 heterocycles. The lowest BCUT2D eigenvalue weighted by Crippen LogP contribution is -2.42. The second kappa shape index (κ2) is 7.83. The van der Waals surface area contributed by atoms with E-state index in [9.17, 15) is 0 Å². The van der Waals surface area contributed by atoms with Crippen LogP contribution >= 0.6 is 23.2 Å². The fraction of sp³-hybridized carbons (Fsp3) is 0.208. The fourth-order valence-corrected chi connectivity index (χ4v) is 4.73. The first-order valence-corrected chi connectivity index (χ1v) is 10.6. The van der Waals surface area contributed by atoms with E-state index in [1.165, 1.54) is 16.6 Å². The Morgan fingerprint density at radius 2 is 1.72 bits per heavy atom. The molecule has 1 aliphatic heterocycles. The molecule has 0 bridgehead atoms. The predicted octanol–water partition coefficient (Wildman–Crippen LogP) is 5.97. The lowest BCUT2D eigenvalue weighted by atomic mass is 9.93. The highest BCUT2D eigenvalue weighted by molar-refractivity contribution is 6.35. The van der Waals surface area contributed by atoms with Crippen molar-refractivity contribution in [2.24, 2.45) is 0 Å². The molecule has 3 nitrogen and oxygen atoms in total. The van der Waals surface area contributed by atoms with E-state index in [0.29, 0.717) is 11.1 Å². The first kappa shape index (κ1) is 18.7. The summed E-state index contributed by atoms with van der Waals surface area (Å²) in [7, 11) is 0. The number of benzene rings is 3. The third kappa shape index (κ3) is 3.78. The number of imidazole rings is 1. The van der Waals surface area contributed by atoms with Crippen molar-refractivity contribution in [3.63, 3.8) is 0 Å². The largest absolute Gasteiger partial charge is 0.329 e. The van der Waals surface area contributed by atoms with E-state index in [4.69, 9.17) is 23.2 Å². The zero-order valence-electron chi connectivity index (χ0n) is 15.9. The van der Waals surface area contributed by atoms with Gasteiger partial charge in [0, 0.05) is 35.7 Å². The van der Waals surface area contributed by atoms with E-state index >= 15 is 0 Å². The van der Waals surface area contributed by atoms with Gasteiger partial charge >= 0.3 is 0 Å². The summed E-state index contributed by atoms with van der Waals surface area (Å²) < 4.78 is 2.27. The van der Waals surface area contributed by atoms with E-state index in [2.05, 4.69) is 56.9 Å². The number of hydrogen-bond donors (Lipinski definition) is 0. The van der Waals surface area contributed by atoms with Crippen LogP contribution in [0.5, 0.6) is 0 Å². The number of aromatic nitrogens is 2. The number of rotatable bonds is 4. The number of halogens is 2. The molecule has 3 aromatic carbocycles. The molecule has 0 fully saturated rings. The third-order valence-electron chi connectivity index (χ3n) is 5.79. The van der Waals surface area contributed by atoms with E-state index < -0.39 is 0 Å². The Morgan fingerprint density at radius 1 is 0.931 bits per heavy atom. The van der Waals surface area contributed by atoms with Crippen LogP contribution in [-0.2, 0) is 26.1 Å². The van der Waals surface area contributed by atoms with Crippen molar-refractivity contribution < 1.29 is 0 Å². The number of nitrogens with zero attached hydrogens (tertiary/aromatic N) is 3. The maximum absolute atomic E-state index is 6.49. The summed E-state index contributed by atoms with van der Waals surface area (Å²) in [6, 6.07) is 23.2. The van der Waals surface area contributed by atoms with Crippen molar-refractivity contribution in [1.29, 1.82) is 0 Å². The Balaban J connectivity index is 1.48. The van der Waals surface area contributed by atoms with Crippen molar-refractivity contribution in [2.45, 2.75) is 32.1 Å². The number of fused-ring (bicyclic) bond motifs is 2. The van der Waals surface area contributed by atoms with E-state index in [-0.39, 0.29) is 0 Å². The maximum Gasteiger partial charge on any atom is 0.0958 e. The molecule has 0 saturated heterocycles. The molecular weight excluding hydrogens is 401 g/mol. The molecule has 0 amide bonds. The molecule has 0 spiro atoms. The minimum Gasteiger partial charge on any atom is -0.329 e. The van der Waals surface area contributed by atoms with Gasteiger partial charge in [0.2, 0.25) is 0 Å². The van der Waals surface area contributed by atoms with Crippen LogP contribution in [0, 0.1) is 0 Å². The molecule has 29 heavy (non-hydrogen) atoms. The van der Waals surface area contributed by atoms with Crippen molar-refractivity contribution in [2.75, 3.05) is 0 Å². The molecule has 4 aromatic rings. The summed E-state index contributed by atoms with van der Waals surface area (Å²) >= 11 is 12.6. The van der Waals surface area contributed by atoms with Gasteiger partial charge in [-0.1, -0.05) is 65.7 Å². The lowest BCUT2D eigenvalue weighted by Gasteiger charge is -2.37. The Bertz CT molecular complexity index is 1170. The van der Waals surface area contributed by atoms with Crippen molar-refractivity contribution >= 4 is 34.2 Å². The van der Waals surface area contributed by atoms with Crippen LogP contribution in [0.25, 0.3) is 11.0 Å². The number of para-hydroxylation sites is 2. The van der Waals surface area contributed by atoms with Crippen molar-refractivity contribution in [1.82, 2.24) is 14.5 Å². The van der Waals surface area contributed by atoms with Crippen LogP contribution in [0.15, 0.2) is 73.1 Å². The first-order valence-electron chi connectivity index (χ1n) is 9.82. The minimum atomic E-state index is 0.356. The van der Waals surface area contributed by atoms with Crippen molar-refractivity contribution in [3.8, 4) is 0 Å². The maximum atomic E-state index is 6.49. The summed E-state index contributed by atoms with van der Waals surface area (Å²) in [5.41, 5.74) is 6.15. The van der Waals surface area contributed by atoms with Gasteiger partial charge in [0.25, 0.3) is 0 Å². The molecule has 1 aliphatic rings. The molecule has 5 heteroatoms. The van der Waals surface area contributed by atoms with Gasteiger partial charge in [0.1, 0.15) is 0 Å². The van der Waals surface area contributed by atoms with E-state index in [1.54, 1.807) is 0 Å². The van der Waals surface area contributed by atoms with Gasteiger partial charge in [-0.05, 0) is 47.4 Å². The highest BCUT2D eigenvalue weighted by atomic mass is 35.5. The summed E-state index contributed by atoms with van der Waals surface area (Å²) in [6.07, 6.45) is 2.96. The molecule has 0 aliphatic carbocycles. The second-order valence-electron chi connectivity index (χ2n) is 7.65. The van der Waals surface area contributed by atoms with Crippen molar-refractivity contribution in [3.05, 3.63) is 99.8 Å².